The maximum Gasteiger partial charge on any atom is 0.245 e. The summed E-state index contributed by atoms with van der Waals surface area (Å²) in [6, 6.07) is -0.576. The van der Waals surface area contributed by atoms with Crippen LogP contribution in [0.15, 0.2) is 0 Å². The van der Waals surface area contributed by atoms with Crippen LogP contribution in [-0.4, -0.2) is 35.3 Å². The smallest absolute Gasteiger partial charge is 0.245 e. The molecular formula is C14H24N2O2. The Balaban J connectivity index is 2.09. The van der Waals surface area contributed by atoms with Gasteiger partial charge in [0.1, 0.15) is 12.1 Å². The van der Waals surface area contributed by atoms with Crippen LogP contribution in [0.3, 0.4) is 0 Å². The normalized spacial score (nSPS) is 30.3. The highest BCUT2D eigenvalue weighted by Gasteiger charge is 2.40. The van der Waals surface area contributed by atoms with Crippen LogP contribution in [0.1, 0.15) is 46.5 Å². The second-order valence-corrected chi connectivity index (χ2v) is 5.70. The van der Waals surface area contributed by atoms with Crippen LogP contribution >= 0.6 is 0 Å². The van der Waals surface area contributed by atoms with Gasteiger partial charge >= 0.3 is 0 Å². The van der Waals surface area contributed by atoms with Crippen LogP contribution in [0.5, 0.6) is 0 Å². The van der Waals surface area contributed by atoms with Crippen molar-refractivity contribution in [3.8, 4) is 0 Å². The zero-order chi connectivity index (χ0) is 13.3. The molecule has 4 nitrogen and oxygen atoms in total. The van der Waals surface area contributed by atoms with Gasteiger partial charge in [0, 0.05) is 6.54 Å². The monoisotopic (exact) mass is 252 g/mol. The molecule has 1 heterocycles. The van der Waals surface area contributed by atoms with Crippen molar-refractivity contribution in [2.45, 2.75) is 58.5 Å². The topological polar surface area (TPSA) is 49.4 Å². The van der Waals surface area contributed by atoms with Gasteiger partial charge < -0.3 is 10.2 Å². The number of hydrogen-bond donors (Lipinski definition) is 1. The number of piperazine rings is 1. The lowest BCUT2D eigenvalue weighted by Crippen LogP contribution is -2.63. The van der Waals surface area contributed by atoms with Crippen LogP contribution in [-0.2, 0) is 9.59 Å². The average Bonchev–Trinajstić information content (AvgIpc) is 3.17. The Morgan fingerprint density at radius 3 is 2.44 bits per heavy atom. The van der Waals surface area contributed by atoms with E-state index in [0.29, 0.717) is 18.8 Å². The molecule has 4 heteroatoms. The van der Waals surface area contributed by atoms with E-state index in [1.807, 2.05) is 18.7 Å². The van der Waals surface area contributed by atoms with Crippen LogP contribution in [0.2, 0.25) is 0 Å². The predicted molar refractivity (Wildman–Crippen MR) is 69.9 cm³/mol. The lowest BCUT2D eigenvalue weighted by atomic mass is 9.99. The van der Waals surface area contributed by atoms with Gasteiger partial charge in [0.2, 0.25) is 11.8 Å². The lowest BCUT2D eigenvalue weighted by molar-refractivity contribution is -0.150. The second-order valence-electron chi connectivity index (χ2n) is 5.70. The summed E-state index contributed by atoms with van der Waals surface area (Å²) in [5.41, 5.74) is 0. The van der Waals surface area contributed by atoms with E-state index in [1.165, 1.54) is 12.8 Å². The quantitative estimate of drug-likeness (QED) is 0.807. The van der Waals surface area contributed by atoms with Gasteiger partial charge in [0.15, 0.2) is 0 Å². The third-order valence-corrected chi connectivity index (χ3v) is 4.28. The summed E-state index contributed by atoms with van der Waals surface area (Å²) in [6.07, 6.45) is 3.94. The van der Waals surface area contributed by atoms with E-state index in [2.05, 4.69) is 12.2 Å². The summed E-state index contributed by atoms with van der Waals surface area (Å²) in [5, 5.41) is 2.83. The summed E-state index contributed by atoms with van der Waals surface area (Å²) in [7, 11) is 0. The molecule has 0 spiro atoms. The largest absolute Gasteiger partial charge is 0.343 e. The third-order valence-electron chi connectivity index (χ3n) is 4.28. The van der Waals surface area contributed by atoms with E-state index in [1.54, 1.807) is 0 Å². The van der Waals surface area contributed by atoms with Gasteiger partial charge in [-0.2, -0.15) is 0 Å². The number of carbonyl (C=O) groups excluding carboxylic acids is 2. The number of hydrogen-bond acceptors (Lipinski definition) is 2. The van der Waals surface area contributed by atoms with E-state index >= 15 is 0 Å². The van der Waals surface area contributed by atoms with Crippen LogP contribution in [0, 0.1) is 11.8 Å². The molecule has 18 heavy (non-hydrogen) atoms. The van der Waals surface area contributed by atoms with Gasteiger partial charge in [-0.3, -0.25) is 9.59 Å². The van der Waals surface area contributed by atoms with E-state index in [0.717, 1.165) is 12.5 Å². The van der Waals surface area contributed by atoms with Crippen molar-refractivity contribution in [2.24, 2.45) is 11.8 Å². The van der Waals surface area contributed by atoms with Gasteiger partial charge in [-0.05, 0) is 37.5 Å². The SMILES string of the molecule is CCC1NC(=O)C(CC)N(CC(C)C2CC2)C1=O. The number of rotatable bonds is 5. The van der Waals surface area contributed by atoms with Crippen molar-refractivity contribution in [3.63, 3.8) is 0 Å². The summed E-state index contributed by atoms with van der Waals surface area (Å²) in [5.74, 6) is 1.41. The molecular weight excluding hydrogens is 228 g/mol. The van der Waals surface area contributed by atoms with E-state index in [4.69, 9.17) is 0 Å². The first-order chi connectivity index (χ1) is 8.58. The molecule has 1 saturated heterocycles. The highest BCUT2D eigenvalue weighted by atomic mass is 16.2. The van der Waals surface area contributed by atoms with Crippen molar-refractivity contribution in [1.82, 2.24) is 10.2 Å². The molecule has 2 aliphatic rings. The molecule has 0 aromatic carbocycles. The molecule has 2 amide bonds. The van der Waals surface area contributed by atoms with Crippen molar-refractivity contribution in [2.75, 3.05) is 6.54 Å². The van der Waals surface area contributed by atoms with Gasteiger partial charge in [-0.1, -0.05) is 20.8 Å². The average molecular weight is 252 g/mol. The number of nitrogens with one attached hydrogen (secondary N) is 1. The van der Waals surface area contributed by atoms with Gasteiger partial charge in [-0.25, -0.2) is 0 Å². The Morgan fingerprint density at radius 1 is 1.28 bits per heavy atom. The van der Waals surface area contributed by atoms with E-state index in [-0.39, 0.29) is 23.9 Å². The molecule has 0 bridgehead atoms. The first kappa shape index (κ1) is 13.4. The third kappa shape index (κ3) is 2.52. The molecule has 1 aliphatic carbocycles. The first-order valence-corrected chi connectivity index (χ1v) is 7.19. The summed E-state index contributed by atoms with van der Waals surface area (Å²) in [6.45, 7) is 6.85. The van der Waals surface area contributed by atoms with Crippen molar-refractivity contribution >= 4 is 11.8 Å². The first-order valence-electron chi connectivity index (χ1n) is 7.19. The van der Waals surface area contributed by atoms with Crippen molar-refractivity contribution < 1.29 is 9.59 Å². The zero-order valence-electron chi connectivity index (χ0n) is 11.6. The second kappa shape index (κ2) is 5.29. The molecule has 0 radical (unpaired) electrons. The minimum Gasteiger partial charge on any atom is -0.343 e. The summed E-state index contributed by atoms with van der Waals surface area (Å²) < 4.78 is 0. The maximum absolute atomic E-state index is 12.4. The number of amides is 2. The van der Waals surface area contributed by atoms with Crippen molar-refractivity contribution in [3.05, 3.63) is 0 Å². The fourth-order valence-electron chi connectivity index (χ4n) is 2.85. The Morgan fingerprint density at radius 2 is 1.94 bits per heavy atom. The summed E-state index contributed by atoms with van der Waals surface area (Å²) >= 11 is 0. The van der Waals surface area contributed by atoms with Crippen LogP contribution < -0.4 is 5.32 Å². The highest BCUT2D eigenvalue weighted by Crippen LogP contribution is 2.37. The number of carbonyl (C=O) groups is 2. The lowest BCUT2D eigenvalue weighted by Gasteiger charge is -2.39. The standard InChI is InChI=1S/C14H24N2O2/c1-4-11-14(18)16(8-9(3)10-6-7-10)12(5-2)13(17)15-11/h9-12H,4-8H2,1-3H3,(H,15,17). The Bertz CT molecular complexity index is 339. The molecule has 102 valence electrons. The Hall–Kier alpha value is -1.06. The van der Waals surface area contributed by atoms with Gasteiger partial charge in [0.25, 0.3) is 0 Å². The van der Waals surface area contributed by atoms with Crippen LogP contribution in [0.4, 0.5) is 0 Å². The predicted octanol–water partition coefficient (Wildman–Crippen LogP) is 1.55. The fraction of sp³-hybridized carbons (Fsp3) is 0.857. The van der Waals surface area contributed by atoms with Gasteiger partial charge in [0.05, 0.1) is 0 Å². The zero-order valence-corrected chi connectivity index (χ0v) is 11.6. The summed E-state index contributed by atoms with van der Waals surface area (Å²) in [4.78, 5) is 26.2. The maximum atomic E-state index is 12.4. The molecule has 0 aromatic heterocycles. The van der Waals surface area contributed by atoms with Crippen LogP contribution in [0.25, 0.3) is 0 Å². The molecule has 1 N–H and O–H groups in total. The minimum atomic E-state index is -0.313. The minimum absolute atomic E-state index is 0.0203. The molecule has 1 aliphatic heterocycles. The van der Waals surface area contributed by atoms with Gasteiger partial charge in [-0.15, -0.1) is 0 Å². The van der Waals surface area contributed by atoms with Crippen molar-refractivity contribution in [1.29, 1.82) is 0 Å². The van der Waals surface area contributed by atoms with E-state index < -0.39 is 0 Å². The molecule has 1 saturated carbocycles. The van der Waals surface area contributed by atoms with E-state index in [9.17, 15) is 9.59 Å². The molecule has 2 fully saturated rings. The highest BCUT2D eigenvalue weighted by molar-refractivity contribution is 5.96. The Labute approximate surface area is 109 Å². The Kier molecular flexibility index (Phi) is 3.93. The molecule has 2 rings (SSSR count). The molecule has 0 aromatic rings. The number of nitrogens with zero attached hydrogens (tertiary/aromatic N) is 1. The fourth-order valence-corrected chi connectivity index (χ4v) is 2.85. The molecule has 3 unspecified atom stereocenters. The molecule has 3 atom stereocenters.